The van der Waals surface area contributed by atoms with Gasteiger partial charge in [0.2, 0.25) is 0 Å². The number of epoxide rings is 1. The number of carbonyl (C=O) groups is 1. The van der Waals surface area contributed by atoms with E-state index in [0.717, 1.165) is 17.7 Å². The number of aliphatic hydroxyl groups is 1. The molecule has 1 N–H and O–H groups in total. The summed E-state index contributed by atoms with van der Waals surface area (Å²) < 4.78 is 17.1. The van der Waals surface area contributed by atoms with Crippen LogP contribution in [-0.2, 0) is 32.9 Å². The first-order valence-electron chi connectivity index (χ1n) is 7.29. The van der Waals surface area contributed by atoms with E-state index in [9.17, 15) is 9.90 Å². The summed E-state index contributed by atoms with van der Waals surface area (Å²) in [4.78, 5) is 12.1. The second kappa shape index (κ2) is 3.99. The highest BCUT2D eigenvalue weighted by molar-refractivity contribution is 5.91. The fourth-order valence-electron chi connectivity index (χ4n) is 3.67. The van der Waals surface area contributed by atoms with Gasteiger partial charge in [-0.05, 0) is 32.8 Å². The van der Waals surface area contributed by atoms with Gasteiger partial charge in [-0.15, -0.1) is 0 Å². The zero-order valence-corrected chi connectivity index (χ0v) is 12.1. The van der Waals surface area contributed by atoms with Gasteiger partial charge >= 0.3 is 5.97 Å². The van der Waals surface area contributed by atoms with Crippen LogP contribution in [0.5, 0.6) is 0 Å². The fraction of sp³-hybridized carbons (Fsp3) is 0.562. The summed E-state index contributed by atoms with van der Waals surface area (Å²) in [5.41, 5.74) is 1.03. The van der Waals surface area contributed by atoms with Crippen molar-refractivity contribution >= 4 is 5.97 Å². The molecule has 3 unspecified atom stereocenters. The van der Waals surface area contributed by atoms with E-state index >= 15 is 0 Å². The first-order chi connectivity index (χ1) is 9.95. The predicted octanol–water partition coefficient (Wildman–Crippen LogP) is 1.96. The van der Waals surface area contributed by atoms with E-state index in [1.807, 2.05) is 13.0 Å². The third-order valence-electron chi connectivity index (χ3n) is 4.85. The first-order valence-corrected chi connectivity index (χ1v) is 7.29. The number of esters is 1. The molecule has 3 heterocycles. The van der Waals surface area contributed by atoms with Gasteiger partial charge in [0.1, 0.15) is 5.76 Å². The van der Waals surface area contributed by atoms with Gasteiger partial charge < -0.3 is 19.0 Å². The van der Waals surface area contributed by atoms with Crippen LogP contribution in [-0.4, -0.2) is 22.8 Å². The molecule has 1 aliphatic carbocycles. The Labute approximate surface area is 122 Å². The quantitative estimate of drug-likeness (QED) is 0.632. The van der Waals surface area contributed by atoms with Crippen molar-refractivity contribution in [2.45, 2.75) is 57.0 Å². The SMILES string of the molecule is CC12C=C(CCC3OC3(C)Cc3occ(CO)c31)C(=O)O2. The average Bonchev–Trinajstić information content (AvgIpc) is 2.77. The monoisotopic (exact) mass is 290 g/mol. The van der Waals surface area contributed by atoms with Crippen LogP contribution in [0.4, 0.5) is 0 Å². The molecule has 21 heavy (non-hydrogen) atoms. The number of hydrogen-bond donors (Lipinski definition) is 1. The molecule has 0 aromatic carbocycles. The molecule has 0 spiro atoms. The summed E-state index contributed by atoms with van der Waals surface area (Å²) in [6.07, 6.45) is 5.67. The third kappa shape index (κ3) is 1.80. The van der Waals surface area contributed by atoms with Gasteiger partial charge in [0.25, 0.3) is 0 Å². The zero-order chi connectivity index (χ0) is 14.8. The van der Waals surface area contributed by atoms with Crippen LogP contribution in [0.2, 0.25) is 0 Å². The Balaban J connectivity index is 1.88. The van der Waals surface area contributed by atoms with Crippen LogP contribution in [0.1, 0.15) is 43.6 Å². The summed E-state index contributed by atoms with van der Waals surface area (Å²) in [6, 6.07) is 0. The molecule has 4 rings (SSSR count). The van der Waals surface area contributed by atoms with Crippen LogP contribution in [0.15, 0.2) is 22.3 Å². The molecule has 112 valence electrons. The van der Waals surface area contributed by atoms with Gasteiger partial charge in [0.15, 0.2) is 5.60 Å². The van der Waals surface area contributed by atoms with Gasteiger partial charge in [-0.25, -0.2) is 4.79 Å². The molecule has 3 aliphatic rings. The Morgan fingerprint density at radius 2 is 2.24 bits per heavy atom. The maximum absolute atomic E-state index is 12.1. The average molecular weight is 290 g/mol. The highest BCUT2D eigenvalue weighted by Crippen LogP contribution is 2.48. The number of ether oxygens (including phenoxy) is 2. The minimum atomic E-state index is -0.856. The Hall–Kier alpha value is -1.59. The molecule has 2 bridgehead atoms. The Morgan fingerprint density at radius 3 is 3.00 bits per heavy atom. The van der Waals surface area contributed by atoms with E-state index < -0.39 is 5.60 Å². The maximum Gasteiger partial charge on any atom is 0.335 e. The molecular weight excluding hydrogens is 272 g/mol. The molecule has 2 aliphatic heterocycles. The number of hydrogen-bond acceptors (Lipinski definition) is 5. The molecule has 5 heteroatoms. The van der Waals surface area contributed by atoms with Gasteiger partial charge in [-0.2, -0.15) is 0 Å². The van der Waals surface area contributed by atoms with E-state index in [0.29, 0.717) is 24.0 Å². The van der Waals surface area contributed by atoms with Gasteiger partial charge in [-0.3, -0.25) is 0 Å². The lowest BCUT2D eigenvalue weighted by atomic mass is 9.86. The summed E-state index contributed by atoms with van der Waals surface area (Å²) in [7, 11) is 0. The van der Waals surface area contributed by atoms with Crippen molar-refractivity contribution in [3.8, 4) is 0 Å². The van der Waals surface area contributed by atoms with Crippen molar-refractivity contribution in [3.63, 3.8) is 0 Å². The number of rotatable bonds is 1. The summed E-state index contributed by atoms with van der Waals surface area (Å²) in [5, 5.41) is 9.57. The summed E-state index contributed by atoms with van der Waals surface area (Å²) >= 11 is 0. The Kier molecular flexibility index (Phi) is 2.49. The lowest BCUT2D eigenvalue weighted by Gasteiger charge is -2.23. The molecule has 1 aromatic heterocycles. The van der Waals surface area contributed by atoms with Crippen molar-refractivity contribution < 1.29 is 23.8 Å². The van der Waals surface area contributed by atoms with Crippen LogP contribution in [0.25, 0.3) is 0 Å². The second-order valence-electron chi connectivity index (χ2n) is 6.52. The van der Waals surface area contributed by atoms with Crippen LogP contribution >= 0.6 is 0 Å². The van der Waals surface area contributed by atoms with Gasteiger partial charge in [0, 0.05) is 23.1 Å². The highest BCUT2D eigenvalue weighted by atomic mass is 16.6. The molecule has 0 amide bonds. The molecular formula is C16H18O5. The predicted molar refractivity (Wildman–Crippen MR) is 72.4 cm³/mol. The number of furan rings is 1. The van der Waals surface area contributed by atoms with Crippen molar-refractivity contribution in [1.82, 2.24) is 0 Å². The van der Waals surface area contributed by atoms with Crippen LogP contribution < -0.4 is 0 Å². The fourth-order valence-corrected chi connectivity index (χ4v) is 3.67. The smallest absolute Gasteiger partial charge is 0.335 e. The number of aliphatic hydroxyl groups excluding tert-OH is 1. The van der Waals surface area contributed by atoms with E-state index in [2.05, 4.69) is 6.92 Å². The maximum atomic E-state index is 12.1. The van der Waals surface area contributed by atoms with Crippen LogP contribution in [0.3, 0.4) is 0 Å². The molecule has 1 saturated heterocycles. The molecule has 0 radical (unpaired) electrons. The zero-order valence-electron chi connectivity index (χ0n) is 12.1. The van der Waals surface area contributed by atoms with E-state index in [1.54, 1.807) is 6.26 Å². The summed E-state index contributed by atoms with van der Waals surface area (Å²) in [5.74, 6) is 0.455. The number of carbonyl (C=O) groups excluding carboxylic acids is 1. The second-order valence-corrected chi connectivity index (χ2v) is 6.52. The standard InChI is InChI=1S/C16H18O5/c1-15-6-11-13(10(7-17)8-19-11)16(2)5-9(14(18)21-16)3-4-12(15)20-15/h5,8,12,17H,3-4,6-7H2,1-2H3. The minimum Gasteiger partial charge on any atom is -0.468 e. The first kappa shape index (κ1) is 13.1. The van der Waals surface area contributed by atoms with Crippen molar-refractivity contribution in [1.29, 1.82) is 0 Å². The van der Waals surface area contributed by atoms with E-state index in [1.165, 1.54) is 0 Å². The van der Waals surface area contributed by atoms with E-state index in [-0.39, 0.29) is 24.3 Å². The molecule has 1 aromatic rings. The molecule has 5 nitrogen and oxygen atoms in total. The summed E-state index contributed by atoms with van der Waals surface area (Å²) in [6.45, 7) is 3.77. The van der Waals surface area contributed by atoms with Crippen molar-refractivity contribution in [2.24, 2.45) is 0 Å². The van der Waals surface area contributed by atoms with E-state index in [4.69, 9.17) is 13.9 Å². The van der Waals surface area contributed by atoms with Crippen molar-refractivity contribution in [2.75, 3.05) is 0 Å². The highest BCUT2D eigenvalue weighted by Gasteiger charge is 2.55. The molecule has 0 saturated carbocycles. The normalized spacial score (nSPS) is 37.4. The Morgan fingerprint density at radius 1 is 1.43 bits per heavy atom. The topological polar surface area (TPSA) is 72.2 Å². The van der Waals surface area contributed by atoms with Gasteiger partial charge in [-0.1, -0.05) is 0 Å². The Bertz CT molecular complexity index is 658. The number of fused-ring (bicyclic) bond motifs is 4. The van der Waals surface area contributed by atoms with Crippen LogP contribution in [0, 0.1) is 0 Å². The molecule has 3 atom stereocenters. The molecule has 1 fully saturated rings. The van der Waals surface area contributed by atoms with Gasteiger partial charge in [0.05, 0.1) is 24.6 Å². The minimum absolute atomic E-state index is 0.143. The lowest BCUT2D eigenvalue weighted by molar-refractivity contribution is -0.146. The lowest BCUT2D eigenvalue weighted by Crippen LogP contribution is -2.25. The largest absolute Gasteiger partial charge is 0.468 e. The third-order valence-corrected chi connectivity index (χ3v) is 4.85. The van der Waals surface area contributed by atoms with Crippen molar-refractivity contribution in [3.05, 3.63) is 34.8 Å².